The fourth-order valence-electron chi connectivity index (χ4n) is 1.77. The lowest BCUT2D eigenvalue weighted by Gasteiger charge is -2.38. The van der Waals surface area contributed by atoms with E-state index in [0.717, 1.165) is 0 Å². The van der Waals surface area contributed by atoms with Crippen LogP contribution in [0.15, 0.2) is 11.8 Å². The summed E-state index contributed by atoms with van der Waals surface area (Å²) in [7, 11) is 2.85. The third-order valence-electron chi connectivity index (χ3n) is 2.56. The predicted octanol–water partition coefficient (Wildman–Crippen LogP) is 2.01. The van der Waals surface area contributed by atoms with E-state index < -0.39 is 11.8 Å². The molecule has 0 unspecified atom stereocenters. The summed E-state index contributed by atoms with van der Waals surface area (Å²) in [6, 6.07) is 0. The third-order valence-corrected chi connectivity index (χ3v) is 2.56. The standard InChI is InChI=1S/C13H22O5/c1-12(2,3)17-9-7-10(11(14)15-5)18-13(4,8-9)16-6/h7,9H,8H2,1-6H3/t9-,13+/m0/s1. The van der Waals surface area contributed by atoms with Gasteiger partial charge in [-0.05, 0) is 26.8 Å². The number of hydrogen-bond acceptors (Lipinski definition) is 5. The Kier molecular flexibility index (Phi) is 4.40. The van der Waals surface area contributed by atoms with Crippen LogP contribution in [0.3, 0.4) is 0 Å². The molecule has 0 bridgehead atoms. The van der Waals surface area contributed by atoms with Crippen LogP contribution in [-0.2, 0) is 23.7 Å². The van der Waals surface area contributed by atoms with Gasteiger partial charge in [-0.25, -0.2) is 4.79 Å². The molecule has 1 aliphatic heterocycles. The van der Waals surface area contributed by atoms with Gasteiger partial charge in [0.1, 0.15) is 0 Å². The Labute approximate surface area is 108 Å². The van der Waals surface area contributed by atoms with Crippen molar-refractivity contribution in [2.24, 2.45) is 0 Å². The first-order chi connectivity index (χ1) is 8.19. The highest BCUT2D eigenvalue weighted by molar-refractivity contribution is 5.86. The summed E-state index contributed by atoms with van der Waals surface area (Å²) in [5.74, 6) is -1.28. The highest BCUT2D eigenvalue weighted by Gasteiger charge is 2.38. The van der Waals surface area contributed by atoms with Crippen molar-refractivity contribution in [1.29, 1.82) is 0 Å². The lowest BCUT2D eigenvalue weighted by Crippen LogP contribution is -2.42. The average Bonchev–Trinajstić information content (AvgIpc) is 2.25. The maximum atomic E-state index is 11.6. The zero-order valence-electron chi connectivity index (χ0n) is 11.9. The second kappa shape index (κ2) is 5.28. The Balaban J connectivity index is 2.93. The fraction of sp³-hybridized carbons (Fsp3) is 0.769. The minimum atomic E-state index is -0.881. The number of esters is 1. The Morgan fingerprint density at radius 1 is 1.44 bits per heavy atom. The summed E-state index contributed by atoms with van der Waals surface area (Å²) < 4.78 is 21.3. The van der Waals surface area contributed by atoms with E-state index in [2.05, 4.69) is 4.74 Å². The summed E-state index contributed by atoms with van der Waals surface area (Å²) in [5, 5.41) is 0. The number of carbonyl (C=O) groups excluding carboxylic acids is 1. The Hall–Kier alpha value is -1.07. The minimum Gasteiger partial charge on any atom is -0.463 e. The highest BCUT2D eigenvalue weighted by atomic mass is 16.7. The SMILES string of the molecule is COC(=O)C1=C[C@H](OC(C)(C)C)C[C@](C)(OC)O1. The smallest absolute Gasteiger partial charge is 0.373 e. The molecule has 0 N–H and O–H groups in total. The van der Waals surface area contributed by atoms with Crippen LogP contribution in [0.2, 0.25) is 0 Å². The van der Waals surface area contributed by atoms with Crippen molar-refractivity contribution in [3.8, 4) is 0 Å². The lowest BCUT2D eigenvalue weighted by atomic mass is 10.0. The largest absolute Gasteiger partial charge is 0.463 e. The van der Waals surface area contributed by atoms with Gasteiger partial charge < -0.3 is 18.9 Å². The van der Waals surface area contributed by atoms with Crippen LogP contribution in [-0.4, -0.2) is 37.7 Å². The number of hydrogen-bond donors (Lipinski definition) is 0. The maximum Gasteiger partial charge on any atom is 0.373 e. The third kappa shape index (κ3) is 3.99. The monoisotopic (exact) mass is 258 g/mol. The Morgan fingerprint density at radius 2 is 2.06 bits per heavy atom. The van der Waals surface area contributed by atoms with Crippen molar-refractivity contribution in [2.75, 3.05) is 14.2 Å². The molecule has 0 aliphatic carbocycles. The van der Waals surface area contributed by atoms with Crippen molar-refractivity contribution in [1.82, 2.24) is 0 Å². The first kappa shape index (κ1) is 15.0. The minimum absolute atomic E-state index is 0.127. The molecule has 1 aliphatic rings. The molecule has 104 valence electrons. The molecule has 5 heteroatoms. The summed E-state index contributed by atoms with van der Waals surface area (Å²) >= 11 is 0. The molecule has 0 amide bonds. The topological polar surface area (TPSA) is 54.0 Å². The van der Waals surface area contributed by atoms with Gasteiger partial charge in [-0.1, -0.05) is 0 Å². The van der Waals surface area contributed by atoms with Gasteiger partial charge in [0.25, 0.3) is 0 Å². The summed E-state index contributed by atoms with van der Waals surface area (Å²) in [5.41, 5.74) is -0.311. The number of carbonyl (C=O) groups is 1. The number of ether oxygens (including phenoxy) is 4. The Bertz CT molecular complexity index is 342. The molecule has 0 radical (unpaired) electrons. The van der Waals surface area contributed by atoms with Gasteiger partial charge >= 0.3 is 5.97 Å². The van der Waals surface area contributed by atoms with Crippen molar-refractivity contribution < 1.29 is 23.7 Å². The van der Waals surface area contributed by atoms with E-state index >= 15 is 0 Å². The van der Waals surface area contributed by atoms with E-state index in [1.165, 1.54) is 14.2 Å². The molecule has 1 heterocycles. The molecule has 18 heavy (non-hydrogen) atoms. The second-order valence-corrected chi connectivity index (χ2v) is 5.44. The summed E-state index contributed by atoms with van der Waals surface area (Å²) in [6.45, 7) is 7.64. The molecule has 1 rings (SSSR count). The number of rotatable bonds is 3. The van der Waals surface area contributed by atoms with Gasteiger partial charge in [0.05, 0.1) is 18.8 Å². The zero-order valence-corrected chi connectivity index (χ0v) is 11.9. The predicted molar refractivity (Wildman–Crippen MR) is 65.8 cm³/mol. The Morgan fingerprint density at radius 3 is 2.50 bits per heavy atom. The van der Waals surface area contributed by atoms with Crippen LogP contribution >= 0.6 is 0 Å². The fourth-order valence-corrected chi connectivity index (χ4v) is 1.77. The van der Waals surface area contributed by atoms with Crippen LogP contribution in [0, 0.1) is 0 Å². The van der Waals surface area contributed by atoms with E-state index in [-0.39, 0.29) is 17.5 Å². The van der Waals surface area contributed by atoms with Gasteiger partial charge in [0, 0.05) is 20.5 Å². The molecule has 0 saturated carbocycles. The molecular weight excluding hydrogens is 236 g/mol. The summed E-state index contributed by atoms with van der Waals surface area (Å²) in [4.78, 5) is 11.6. The van der Waals surface area contributed by atoms with Crippen LogP contribution < -0.4 is 0 Å². The van der Waals surface area contributed by atoms with Gasteiger partial charge in [-0.3, -0.25) is 0 Å². The van der Waals surface area contributed by atoms with Gasteiger partial charge in [0.2, 0.25) is 11.5 Å². The van der Waals surface area contributed by atoms with E-state index in [9.17, 15) is 4.79 Å². The zero-order chi connectivity index (χ0) is 14.0. The molecule has 0 saturated heterocycles. The quantitative estimate of drug-likeness (QED) is 0.725. The number of methoxy groups -OCH3 is 2. The average molecular weight is 258 g/mol. The van der Waals surface area contributed by atoms with Crippen molar-refractivity contribution in [3.05, 3.63) is 11.8 Å². The van der Waals surface area contributed by atoms with Crippen molar-refractivity contribution >= 4 is 5.97 Å². The van der Waals surface area contributed by atoms with Crippen LogP contribution in [0.4, 0.5) is 0 Å². The molecule has 0 aromatic carbocycles. The molecule has 0 spiro atoms. The highest BCUT2D eigenvalue weighted by Crippen LogP contribution is 2.31. The van der Waals surface area contributed by atoms with E-state index in [1.807, 2.05) is 20.8 Å². The van der Waals surface area contributed by atoms with Gasteiger partial charge in [-0.2, -0.15) is 0 Å². The van der Waals surface area contributed by atoms with Crippen LogP contribution in [0.5, 0.6) is 0 Å². The van der Waals surface area contributed by atoms with E-state index in [0.29, 0.717) is 6.42 Å². The molecular formula is C13H22O5. The van der Waals surface area contributed by atoms with Crippen molar-refractivity contribution in [2.45, 2.75) is 51.6 Å². The van der Waals surface area contributed by atoms with Gasteiger partial charge in [0.15, 0.2) is 0 Å². The molecule has 0 aromatic heterocycles. The first-order valence-electron chi connectivity index (χ1n) is 5.91. The molecule has 0 fully saturated rings. The lowest BCUT2D eigenvalue weighted by molar-refractivity contribution is -0.223. The maximum absolute atomic E-state index is 11.6. The molecule has 5 nitrogen and oxygen atoms in total. The normalized spacial score (nSPS) is 28.3. The summed E-state index contributed by atoms with van der Waals surface area (Å²) in [6.07, 6.45) is 1.90. The van der Waals surface area contributed by atoms with Crippen molar-refractivity contribution in [3.63, 3.8) is 0 Å². The molecule has 2 atom stereocenters. The second-order valence-electron chi connectivity index (χ2n) is 5.44. The van der Waals surface area contributed by atoms with Crippen LogP contribution in [0.1, 0.15) is 34.1 Å². The van der Waals surface area contributed by atoms with Crippen LogP contribution in [0.25, 0.3) is 0 Å². The van der Waals surface area contributed by atoms with E-state index in [1.54, 1.807) is 13.0 Å². The van der Waals surface area contributed by atoms with E-state index in [4.69, 9.17) is 14.2 Å². The molecule has 0 aromatic rings. The first-order valence-corrected chi connectivity index (χ1v) is 5.91. The van der Waals surface area contributed by atoms with Gasteiger partial charge in [-0.15, -0.1) is 0 Å².